The van der Waals surface area contributed by atoms with Gasteiger partial charge in [-0.1, -0.05) is 39.3 Å². The second-order valence-electron chi connectivity index (χ2n) is 7.03. The lowest BCUT2D eigenvalue weighted by atomic mass is 10.4. The summed E-state index contributed by atoms with van der Waals surface area (Å²) < 4.78 is 4.69. The molecule has 0 saturated heterocycles. The first-order valence-corrected chi connectivity index (χ1v) is 13.8. The van der Waals surface area contributed by atoms with Gasteiger partial charge in [0.1, 0.15) is 0 Å². The molecule has 0 N–H and O–H groups in total. The van der Waals surface area contributed by atoms with Crippen LogP contribution in [0.2, 0.25) is 39.3 Å². The van der Waals surface area contributed by atoms with Gasteiger partial charge in [0.05, 0.1) is 0 Å². The van der Waals surface area contributed by atoms with Crippen LogP contribution >= 0.6 is 0 Å². The van der Waals surface area contributed by atoms with E-state index >= 15 is 0 Å². The number of hydrogen-bond donors (Lipinski definition) is 0. The number of nitrogens with zero attached hydrogens (tertiary/aromatic N) is 2. The summed E-state index contributed by atoms with van der Waals surface area (Å²) >= 11 is 0. The Bertz CT molecular complexity index is 485. The molecule has 4 heteroatoms. The van der Waals surface area contributed by atoms with Gasteiger partial charge in [0.15, 0.2) is 16.5 Å². The molecule has 0 bridgehead atoms. The fourth-order valence-corrected chi connectivity index (χ4v) is 3.88. The van der Waals surface area contributed by atoms with E-state index in [1.165, 1.54) is 5.56 Å². The fraction of sp³-hybridized carbons (Fsp3) is 0.467. The van der Waals surface area contributed by atoms with Crippen molar-refractivity contribution in [2.24, 2.45) is 0 Å². The Morgan fingerprint density at radius 2 is 1.21 bits per heavy atom. The van der Waals surface area contributed by atoms with E-state index in [9.17, 15) is 0 Å². The molecule has 2 aromatic rings. The predicted octanol–water partition coefficient (Wildman–Crippen LogP) is 4.65. The molecule has 19 heavy (non-hydrogen) atoms. The molecule has 0 atom stereocenters. The number of aryl methyl sites for hydroxylation is 1. The standard InChI is InChI=1S/C8H15NSi.C7H13NSi/c1-8-5-6-9(7-8)10(2,3)4;1-9(2,3)8-6-4-5-7-8/h5-7H,1-4H3;4-7H,1-3H3. The molecule has 0 radical (unpaired) electrons. The minimum absolute atomic E-state index is 1.06. The van der Waals surface area contributed by atoms with Gasteiger partial charge in [-0.05, 0) is 55.5 Å². The minimum Gasteiger partial charge on any atom is -0.381 e. The molecule has 0 aliphatic carbocycles. The van der Waals surface area contributed by atoms with Crippen LogP contribution in [0.4, 0.5) is 0 Å². The lowest BCUT2D eigenvalue weighted by Gasteiger charge is -2.17. The van der Waals surface area contributed by atoms with Crippen molar-refractivity contribution in [2.75, 3.05) is 0 Å². The molecule has 0 aliphatic heterocycles. The quantitative estimate of drug-likeness (QED) is 0.713. The lowest BCUT2D eigenvalue weighted by molar-refractivity contribution is 1.15. The van der Waals surface area contributed by atoms with Gasteiger partial charge in [0.2, 0.25) is 0 Å². The summed E-state index contributed by atoms with van der Waals surface area (Å²) in [5.74, 6) is 0. The SMILES string of the molecule is C[Si](C)(C)n1cccc1.Cc1ccn([Si](C)(C)C)c1. The molecule has 0 aliphatic rings. The van der Waals surface area contributed by atoms with Gasteiger partial charge < -0.3 is 8.47 Å². The zero-order valence-corrected chi connectivity index (χ0v) is 15.4. The first kappa shape index (κ1) is 16.0. The van der Waals surface area contributed by atoms with Crippen molar-refractivity contribution >= 4 is 16.5 Å². The predicted molar refractivity (Wildman–Crippen MR) is 91.1 cm³/mol. The summed E-state index contributed by atoms with van der Waals surface area (Å²) in [6.07, 6.45) is 8.70. The number of aromatic nitrogens is 2. The second kappa shape index (κ2) is 5.97. The normalized spacial score (nSPS) is 11.9. The van der Waals surface area contributed by atoms with Crippen molar-refractivity contribution in [1.82, 2.24) is 8.47 Å². The van der Waals surface area contributed by atoms with Crippen LogP contribution in [0, 0.1) is 6.92 Å². The summed E-state index contributed by atoms with van der Waals surface area (Å²) in [7, 11) is -2.16. The van der Waals surface area contributed by atoms with E-state index in [2.05, 4.69) is 97.7 Å². The van der Waals surface area contributed by atoms with Crippen molar-refractivity contribution in [1.29, 1.82) is 0 Å². The van der Waals surface area contributed by atoms with Gasteiger partial charge in [-0.3, -0.25) is 0 Å². The highest BCUT2D eigenvalue weighted by molar-refractivity contribution is 6.74. The zero-order chi connectivity index (χ0) is 14.7. The summed E-state index contributed by atoms with van der Waals surface area (Å²) in [5.41, 5.74) is 1.36. The van der Waals surface area contributed by atoms with Crippen molar-refractivity contribution in [3.63, 3.8) is 0 Å². The molecule has 2 heterocycles. The van der Waals surface area contributed by atoms with E-state index in [1.54, 1.807) is 0 Å². The average molecular weight is 293 g/mol. The van der Waals surface area contributed by atoms with Crippen LogP contribution in [0.25, 0.3) is 0 Å². The first-order chi connectivity index (χ1) is 8.60. The third kappa shape index (κ3) is 5.24. The number of hydrogen-bond acceptors (Lipinski definition) is 0. The van der Waals surface area contributed by atoms with Gasteiger partial charge in [-0.25, -0.2) is 0 Å². The maximum Gasteiger partial charge on any atom is 0.152 e. The highest BCUT2D eigenvalue weighted by Gasteiger charge is 2.14. The molecule has 0 saturated carbocycles. The maximum absolute atomic E-state index is 2.36. The zero-order valence-electron chi connectivity index (χ0n) is 13.4. The van der Waals surface area contributed by atoms with Crippen molar-refractivity contribution in [3.8, 4) is 0 Å². The Balaban J connectivity index is 0.000000191. The minimum atomic E-state index is -1.10. The van der Waals surface area contributed by atoms with Gasteiger partial charge >= 0.3 is 0 Å². The molecule has 0 amide bonds. The van der Waals surface area contributed by atoms with E-state index < -0.39 is 16.5 Å². The van der Waals surface area contributed by atoms with Crippen LogP contribution in [-0.2, 0) is 0 Å². The third-order valence-corrected chi connectivity index (χ3v) is 6.67. The molecular formula is C15H28N2Si2. The van der Waals surface area contributed by atoms with Gasteiger partial charge in [-0.15, -0.1) is 0 Å². The van der Waals surface area contributed by atoms with Crippen LogP contribution in [-0.4, -0.2) is 24.9 Å². The lowest BCUT2D eigenvalue weighted by Crippen LogP contribution is -2.30. The monoisotopic (exact) mass is 292 g/mol. The smallest absolute Gasteiger partial charge is 0.152 e. The molecule has 2 nitrogen and oxygen atoms in total. The van der Waals surface area contributed by atoms with Gasteiger partial charge in [-0.2, -0.15) is 0 Å². The summed E-state index contributed by atoms with van der Waals surface area (Å²) in [6.45, 7) is 16.1. The van der Waals surface area contributed by atoms with E-state index in [0.717, 1.165) is 0 Å². The van der Waals surface area contributed by atoms with Crippen LogP contribution < -0.4 is 0 Å². The fourth-order valence-electron chi connectivity index (χ4n) is 1.70. The van der Waals surface area contributed by atoms with Crippen molar-refractivity contribution in [3.05, 3.63) is 48.5 Å². The molecule has 0 spiro atoms. The van der Waals surface area contributed by atoms with Crippen LogP contribution in [0.3, 0.4) is 0 Å². The Morgan fingerprint density at radius 1 is 0.737 bits per heavy atom. The molecule has 2 rings (SSSR count). The van der Waals surface area contributed by atoms with E-state index in [-0.39, 0.29) is 0 Å². The molecule has 2 aromatic heterocycles. The van der Waals surface area contributed by atoms with Crippen molar-refractivity contribution in [2.45, 2.75) is 46.2 Å². The Hall–Kier alpha value is -1.01. The largest absolute Gasteiger partial charge is 0.381 e. The average Bonchev–Trinajstić information content (AvgIpc) is 2.84. The molecule has 106 valence electrons. The molecule has 0 fully saturated rings. The molecular weight excluding hydrogens is 264 g/mol. The number of rotatable bonds is 2. The topological polar surface area (TPSA) is 9.86 Å². The van der Waals surface area contributed by atoms with E-state index in [4.69, 9.17) is 0 Å². The Kier molecular flexibility index (Phi) is 5.04. The molecule has 0 aromatic carbocycles. The summed E-state index contributed by atoms with van der Waals surface area (Å²) in [5, 5.41) is 0. The highest BCUT2D eigenvalue weighted by Crippen LogP contribution is 2.08. The summed E-state index contributed by atoms with van der Waals surface area (Å²) in [6, 6.07) is 6.33. The first-order valence-electron chi connectivity index (χ1n) is 6.89. The maximum atomic E-state index is 2.36. The second-order valence-corrected chi connectivity index (χ2v) is 16.7. The Morgan fingerprint density at radius 3 is 1.42 bits per heavy atom. The van der Waals surface area contributed by atoms with Crippen molar-refractivity contribution < 1.29 is 0 Å². The van der Waals surface area contributed by atoms with E-state index in [1.807, 2.05) is 0 Å². The van der Waals surface area contributed by atoms with Crippen LogP contribution in [0.5, 0.6) is 0 Å². The Labute approximate surface area is 120 Å². The van der Waals surface area contributed by atoms with E-state index in [0.29, 0.717) is 0 Å². The molecule has 0 unspecified atom stereocenters. The van der Waals surface area contributed by atoms with Crippen LogP contribution in [0.15, 0.2) is 43.0 Å². The third-order valence-electron chi connectivity index (χ3n) is 2.99. The van der Waals surface area contributed by atoms with Gasteiger partial charge in [0.25, 0.3) is 0 Å². The highest BCUT2D eigenvalue weighted by atomic mass is 28.3. The van der Waals surface area contributed by atoms with Crippen LogP contribution in [0.1, 0.15) is 5.56 Å². The summed E-state index contributed by atoms with van der Waals surface area (Å²) in [4.78, 5) is 0. The van der Waals surface area contributed by atoms with Gasteiger partial charge in [0, 0.05) is 0 Å².